The molecular weight excluding hydrogens is 277 g/mol. The van der Waals surface area contributed by atoms with Crippen LogP contribution in [0.1, 0.15) is 26.3 Å². The summed E-state index contributed by atoms with van der Waals surface area (Å²) < 4.78 is 18.9. The number of benzene rings is 2. The quantitative estimate of drug-likeness (QED) is 0.883. The van der Waals surface area contributed by atoms with Gasteiger partial charge in [0.05, 0.1) is 5.56 Å². The van der Waals surface area contributed by atoms with Crippen LogP contribution in [-0.4, -0.2) is 17.0 Å². The third-order valence-corrected chi connectivity index (χ3v) is 2.79. The highest BCUT2D eigenvalue weighted by Gasteiger charge is 2.15. The Bertz CT molecular complexity index is 700. The van der Waals surface area contributed by atoms with Crippen LogP contribution in [0.25, 0.3) is 0 Å². The Hall–Kier alpha value is -2.89. The standard InChI is InChI=1S/C15H12FNO4/c16-11-5-2-6-12(13(11)14(17)18)21-8-9-3-1-4-10(7-9)15(19)20/h1-7H,8H2,(H2,17,18)(H,19,20). The largest absolute Gasteiger partial charge is 0.488 e. The van der Waals surface area contributed by atoms with Crippen molar-refractivity contribution in [1.82, 2.24) is 0 Å². The number of hydrogen-bond donors (Lipinski definition) is 2. The van der Waals surface area contributed by atoms with Crippen LogP contribution in [0.2, 0.25) is 0 Å². The lowest BCUT2D eigenvalue weighted by atomic mass is 10.1. The molecule has 0 saturated heterocycles. The number of amides is 1. The van der Waals surface area contributed by atoms with Gasteiger partial charge in [-0.3, -0.25) is 4.79 Å². The highest BCUT2D eigenvalue weighted by atomic mass is 19.1. The van der Waals surface area contributed by atoms with Crippen molar-refractivity contribution in [3.05, 3.63) is 65.0 Å². The Morgan fingerprint density at radius 1 is 1.19 bits per heavy atom. The van der Waals surface area contributed by atoms with E-state index < -0.39 is 17.7 Å². The minimum atomic E-state index is -1.06. The number of hydrogen-bond acceptors (Lipinski definition) is 3. The molecule has 0 unspecified atom stereocenters. The minimum absolute atomic E-state index is 0.00907. The lowest BCUT2D eigenvalue weighted by Gasteiger charge is -2.10. The molecule has 1 amide bonds. The fourth-order valence-corrected chi connectivity index (χ4v) is 1.82. The Morgan fingerprint density at radius 3 is 2.57 bits per heavy atom. The normalized spacial score (nSPS) is 10.1. The zero-order valence-corrected chi connectivity index (χ0v) is 10.9. The first kappa shape index (κ1) is 14.5. The van der Waals surface area contributed by atoms with Crippen molar-refractivity contribution >= 4 is 11.9 Å². The van der Waals surface area contributed by atoms with Crippen LogP contribution in [0, 0.1) is 5.82 Å². The van der Waals surface area contributed by atoms with Gasteiger partial charge in [-0.25, -0.2) is 9.18 Å². The van der Waals surface area contributed by atoms with E-state index in [4.69, 9.17) is 15.6 Å². The van der Waals surface area contributed by atoms with Crippen LogP contribution in [0.5, 0.6) is 5.75 Å². The first-order chi connectivity index (χ1) is 9.99. The van der Waals surface area contributed by atoms with Gasteiger partial charge in [-0.15, -0.1) is 0 Å². The molecule has 0 atom stereocenters. The molecule has 0 heterocycles. The number of carboxylic acid groups (broad SMARTS) is 1. The number of rotatable bonds is 5. The topological polar surface area (TPSA) is 89.6 Å². The van der Waals surface area contributed by atoms with Gasteiger partial charge in [0.25, 0.3) is 5.91 Å². The third-order valence-electron chi connectivity index (χ3n) is 2.79. The Labute approximate surface area is 119 Å². The lowest BCUT2D eigenvalue weighted by molar-refractivity contribution is 0.0696. The molecule has 108 valence electrons. The van der Waals surface area contributed by atoms with E-state index in [9.17, 15) is 14.0 Å². The monoisotopic (exact) mass is 289 g/mol. The van der Waals surface area contributed by atoms with E-state index in [0.29, 0.717) is 5.56 Å². The van der Waals surface area contributed by atoms with Gasteiger partial charge in [-0.1, -0.05) is 18.2 Å². The summed E-state index contributed by atoms with van der Waals surface area (Å²) in [4.78, 5) is 22.1. The van der Waals surface area contributed by atoms with Crippen LogP contribution >= 0.6 is 0 Å². The summed E-state index contributed by atoms with van der Waals surface area (Å²) in [5.74, 6) is -2.73. The third kappa shape index (κ3) is 3.36. The zero-order valence-electron chi connectivity index (χ0n) is 10.9. The van der Waals surface area contributed by atoms with E-state index in [1.807, 2.05) is 0 Å². The number of carbonyl (C=O) groups excluding carboxylic acids is 1. The number of ether oxygens (including phenoxy) is 1. The molecule has 5 nitrogen and oxygen atoms in total. The molecule has 2 rings (SSSR count). The van der Waals surface area contributed by atoms with Crippen molar-refractivity contribution in [3.8, 4) is 5.75 Å². The second kappa shape index (κ2) is 6.04. The van der Waals surface area contributed by atoms with Crippen LogP contribution < -0.4 is 10.5 Å². The van der Waals surface area contributed by atoms with E-state index in [2.05, 4.69) is 0 Å². The zero-order chi connectivity index (χ0) is 15.4. The molecule has 0 aliphatic heterocycles. The summed E-state index contributed by atoms with van der Waals surface area (Å²) in [6.07, 6.45) is 0. The van der Waals surface area contributed by atoms with Crippen LogP contribution in [-0.2, 0) is 6.61 Å². The maximum atomic E-state index is 13.5. The number of nitrogens with two attached hydrogens (primary N) is 1. The van der Waals surface area contributed by atoms with Gasteiger partial charge < -0.3 is 15.6 Å². The molecule has 0 aromatic heterocycles. The maximum absolute atomic E-state index is 13.5. The molecule has 0 spiro atoms. The summed E-state index contributed by atoms with van der Waals surface area (Å²) in [6, 6.07) is 10.0. The van der Waals surface area contributed by atoms with Crippen LogP contribution in [0.15, 0.2) is 42.5 Å². The Kier molecular flexibility index (Phi) is 4.18. The van der Waals surface area contributed by atoms with Crippen molar-refractivity contribution in [2.75, 3.05) is 0 Å². The van der Waals surface area contributed by atoms with Crippen LogP contribution in [0.3, 0.4) is 0 Å². The predicted octanol–water partition coefficient (Wildman–Crippen LogP) is 2.20. The van der Waals surface area contributed by atoms with Gasteiger partial charge >= 0.3 is 5.97 Å². The minimum Gasteiger partial charge on any atom is -0.488 e. The van der Waals surface area contributed by atoms with Gasteiger partial charge in [0.15, 0.2) is 0 Å². The molecule has 3 N–H and O–H groups in total. The van der Waals surface area contributed by atoms with Crippen molar-refractivity contribution in [2.45, 2.75) is 6.61 Å². The molecule has 0 radical (unpaired) electrons. The predicted molar refractivity (Wildman–Crippen MR) is 72.7 cm³/mol. The number of carbonyl (C=O) groups is 2. The van der Waals surface area contributed by atoms with E-state index >= 15 is 0 Å². The summed E-state index contributed by atoms with van der Waals surface area (Å²) in [6.45, 7) is -0.00907. The smallest absolute Gasteiger partial charge is 0.335 e. The van der Waals surface area contributed by atoms with E-state index in [-0.39, 0.29) is 23.5 Å². The second-order valence-corrected chi connectivity index (χ2v) is 4.27. The second-order valence-electron chi connectivity index (χ2n) is 4.27. The number of carboxylic acids is 1. The van der Waals surface area contributed by atoms with Crippen molar-refractivity contribution < 1.29 is 23.8 Å². The number of halogens is 1. The van der Waals surface area contributed by atoms with Gasteiger partial charge in [0.2, 0.25) is 0 Å². The molecule has 0 saturated carbocycles. The van der Waals surface area contributed by atoms with Gasteiger partial charge in [0.1, 0.15) is 23.7 Å². The highest BCUT2D eigenvalue weighted by Crippen LogP contribution is 2.22. The Balaban J connectivity index is 2.21. The molecule has 21 heavy (non-hydrogen) atoms. The van der Waals surface area contributed by atoms with Crippen LogP contribution in [0.4, 0.5) is 4.39 Å². The molecule has 0 fully saturated rings. The van der Waals surface area contributed by atoms with Gasteiger partial charge in [-0.05, 0) is 29.8 Å². The summed E-state index contributed by atoms with van der Waals surface area (Å²) >= 11 is 0. The number of aromatic carboxylic acids is 1. The molecule has 2 aromatic carbocycles. The first-order valence-electron chi connectivity index (χ1n) is 6.02. The SMILES string of the molecule is NC(=O)c1c(F)cccc1OCc1cccc(C(=O)O)c1. The van der Waals surface area contributed by atoms with Gasteiger partial charge in [-0.2, -0.15) is 0 Å². The Morgan fingerprint density at radius 2 is 1.90 bits per heavy atom. The first-order valence-corrected chi connectivity index (χ1v) is 6.02. The molecule has 0 aliphatic rings. The lowest BCUT2D eigenvalue weighted by Crippen LogP contribution is -2.15. The average molecular weight is 289 g/mol. The average Bonchev–Trinajstić information content (AvgIpc) is 2.45. The molecular formula is C15H12FNO4. The number of primary amides is 1. The summed E-state index contributed by atoms with van der Waals surface area (Å²) in [7, 11) is 0. The van der Waals surface area contributed by atoms with Crippen molar-refractivity contribution in [2.24, 2.45) is 5.73 Å². The fourth-order valence-electron chi connectivity index (χ4n) is 1.82. The molecule has 0 bridgehead atoms. The fraction of sp³-hybridized carbons (Fsp3) is 0.0667. The molecule has 2 aromatic rings. The molecule has 6 heteroatoms. The van der Waals surface area contributed by atoms with Gasteiger partial charge in [0, 0.05) is 0 Å². The summed E-state index contributed by atoms with van der Waals surface area (Å²) in [5.41, 5.74) is 5.48. The van der Waals surface area contributed by atoms with Crippen molar-refractivity contribution in [1.29, 1.82) is 0 Å². The van der Waals surface area contributed by atoms with Crippen molar-refractivity contribution in [3.63, 3.8) is 0 Å². The highest BCUT2D eigenvalue weighted by molar-refractivity contribution is 5.95. The van der Waals surface area contributed by atoms with E-state index in [1.54, 1.807) is 12.1 Å². The molecule has 0 aliphatic carbocycles. The summed E-state index contributed by atoms with van der Waals surface area (Å²) in [5, 5.41) is 8.90. The maximum Gasteiger partial charge on any atom is 0.335 e. The van der Waals surface area contributed by atoms with E-state index in [0.717, 1.165) is 6.07 Å². The van der Waals surface area contributed by atoms with E-state index in [1.165, 1.54) is 24.3 Å².